The first-order valence-corrected chi connectivity index (χ1v) is 5.04. The summed E-state index contributed by atoms with van der Waals surface area (Å²) < 4.78 is 36.8. The molecule has 2 heterocycles. The lowest BCUT2D eigenvalue weighted by atomic mass is 9.95. The van der Waals surface area contributed by atoms with Crippen molar-refractivity contribution in [1.29, 1.82) is 0 Å². The van der Waals surface area contributed by atoms with E-state index in [2.05, 4.69) is 5.32 Å². The summed E-state index contributed by atoms with van der Waals surface area (Å²) in [7, 11) is 0. The maximum atomic E-state index is 12.3. The Morgan fingerprint density at radius 2 is 2.07 bits per heavy atom. The van der Waals surface area contributed by atoms with Gasteiger partial charge < -0.3 is 5.32 Å². The van der Waals surface area contributed by atoms with Crippen LogP contribution in [0.2, 0.25) is 0 Å². The van der Waals surface area contributed by atoms with Gasteiger partial charge in [0.1, 0.15) is 0 Å². The van der Waals surface area contributed by atoms with E-state index in [0.29, 0.717) is 6.54 Å². The van der Waals surface area contributed by atoms with E-state index < -0.39 is 12.7 Å². The highest BCUT2D eigenvalue weighted by atomic mass is 19.4. The van der Waals surface area contributed by atoms with Crippen LogP contribution in [0.3, 0.4) is 0 Å². The van der Waals surface area contributed by atoms with Gasteiger partial charge in [-0.15, -0.1) is 0 Å². The van der Waals surface area contributed by atoms with Gasteiger partial charge in [-0.3, -0.25) is 4.90 Å². The first-order chi connectivity index (χ1) is 6.52. The van der Waals surface area contributed by atoms with Gasteiger partial charge in [0.2, 0.25) is 0 Å². The number of likely N-dealkylation sites (tertiary alicyclic amines) is 1. The predicted molar refractivity (Wildman–Crippen MR) is 47.1 cm³/mol. The Bertz CT molecular complexity index is 203. The fourth-order valence-electron chi connectivity index (χ4n) is 2.67. The molecule has 1 unspecified atom stereocenters. The monoisotopic (exact) mass is 208 g/mol. The molecule has 2 saturated heterocycles. The molecule has 82 valence electrons. The van der Waals surface area contributed by atoms with Crippen LogP contribution in [0.4, 0.5) is 13.2 Å². The average molecular weight is 208 g/mol. The highest BCUT2D eigenvalue weighted by Gasteiger charge is 2.46. The van der Waals surface area contributed by atoms with Crippen LogP contribution >= 0.6 is 0 Å². The molecular formula is C9H15F3N2. The van der Waals surface area contributed by atoms with Gasteiger partial charge in [-0.1, -0.05) is 0 Å². The van der Waals surface area contributed by atoms with Crippen LogP contribution in [0.5, 0.6) is 0 Å². The van der Waals surface area contributed by atoms with Gasteiger partial charge in [0, 0.05) is 12.1 Å². The molecule has 2 fully saturated rings. The van der Waals surface area contributed by atoms with E-state index in [0.717, 1.165) is 32.4 Å². The standard InChI is InChI=1S/C9H15F3N2/c10-9(11,12)7-14-5-1-2-8(14)3-4-13-6-8/h13H,1-7H2. The van der Waals surface area contributed by atoms with Crippen molar-refractivity contribution in [3.63, 3.8) is 0 Å². The zero-order valence-electron chi connectivity index (χ0n) is 8.03. The number of nitrogens with zero attached hydrogens (tertiary/aromatic N) is 1. The van der Waals surface area contributed by atoms with Crippen LogP contribution in [0.25, 0.3) is 0 Å². The lowest BCUT2D eigenvalue weighted by Crippen LogP contribution is -2.49. The number of alkyl halides is 3. The van der Waals surface area contributed by atoms with Crippen molar-refractivity contribution >= 4 is 0 Å². The Hall–Kier alpha value is -0.290. The molecule has 0 amide bonds. The van der Waals surface area contributed by atoms with Crippen LogP contribution in [-0.2, 0) is 0 Å². The third-order valence-corrected chi connectivity index (χ3v) is 3.33. The molecule has 0 aromatic rings. The Kier molecular flexibility index (Phi) is 2.47. The van der Waals surface area contributed by atoms with E-state index in [1.807, 2.05) is 0 Å². The highest BCUT2D eigenvalue weighted by Crippen LogP contribution is 2.36. The van der Waals surface area contributed by atoms with Crippen molar-refractivity contribution in [2.45, 2.75) is 31.0 Å². The van der Waals surface area contributed by atoms with Crippen molar-refractivity contribution < 1.29 is 13.2 Å². The van der Waals surface area contributed by atoms with Crippen LogP contribution in [0.1, 0.15) is 19.3 Å². The second-order valence-electron chi connectivity index (χ2n) is 4.29. The summed E-state index contributed by atoms with van der Waals surface area (Å²) in [4.78, 5) is 1.62. The topological polar surface area (TPSA) is 15.3 Å². The molecule has 2 aliphatic rings. The van der Waals surface area contributed by atoms with Gasteiger partial charge in [0.15, 0.2) is 0 Å². The van der Waals surface area contributed by atoms with Gasteiger partial charge in [-0.05, 0) is 32.4 Å². The van der Waals surface area contributed by atoms with Crippen LogP contribution in [0, 0.1) is 0 Å². The summed E-state index contributed by atoms with van der Waals surface area (Å²) in [5, 5.41) is 3.16. The van der Waals surface area contributed by atoms with E-state index in [4.69, 9.17) is 0 Å². The molecule has 14 heavy (non-hydrogen) atoms. The number of nitrogens with one attached hydrogen (secondary N) is 1. The van der Waals surface area contributed by atoms with Crippen molar-refractivity contribution in [2.24, 2.45) is 0 Å². The van der Waals surface area contributed by atoms with E-state index in [-0.39, 0.29) is 5.54 Å². The summed E-state index contributed by atoms with van der Waals surface area (Å²) in [6.45, 7) is 1.44. The second-order valence-corrected chi connectivity index (χ2v) is 4.29. The van der Waals surface area contributed by atoms with E-state index in [1.54, 1.807) is 4.90 Å². The molecule has 1 N–H and O–H groups in total. The lowest BCUT2D eigenvalue weighted by Gasteiger charge is -2.34. The predicted octanol–water partition coefficient (Wildman–Crippen LogP) is 1.38. The Balaban J connectivity index is 2.03. The van der Waals surface area contributed by atoms with Gasteiger partial charge in [0.05, 0.1) is 6.54 Å². The normalized spacial score (nSPS) is 34.5. The lowest BCUT2D eigenvalue weighted by molar-refractivity contribution is -0.153. The molecule has 0 aromatic carbocycles. The Morgan fingerprint density at radius 1 is 1.29 bits per heavy atom. The minimum Gasteiger partial charge on any atom is -0.315 e. The molecule has 0 radical (unpaired) electrons. The summed E-state index contributed by atoms with van der Waals surface area (Å²) in [5.41, 5.74) is -0.185. The van der Waals surface area contributed by atoms with Crippen molar-refractivity contribution in [1.82, 2.24) is 10.2 Å². The molecule has 1 spiro atoms. The van der Waals surface area contributed by atoms with Gasteiger partial charge in [-0.2, -0.15) is 13.2 Å². The van der Waals surface area contributed by atoms with Crippen molar-refractivity contribution in [3.05, 3.63) is 0 Å². The summed E-state index contributed by atoms with van der Waals surface area (Å²) in [6.07, 6.45) is -1.38. The minimum absolute atomic E-state index is 0.185. The van der Waals surface area contributed by atoms with Crippen LogP contribution < -0.4 is 5.32 Å². The van der Waals surface area contributed by atoms with Gasteiger partial charge >= 0.3 is 6.18 Å². The molecule has 0 bridgehead atoms. The molecular weight excluding hydrogens is 193 g/mol. The highest BCUT2D eigenvalue weighted by molar-refractivity contribution is 5.01. The third-order valence-electron chi connectivity index (χ3n) is 3.33. The quantitative estimate of drug-likeness (QED) is 0.700. The minimum atomic E-state index is -4.06. The number of hydrogen-bond donors (Lipinski definition) is 1. The first-order valence-electron chi connectivity index (χ1n) is 5.04. The summed E-state index contributed by atoms with van der Waals surface area (Å²) in [5.74, 6) is 0. The Morgan fingerprint density at radius 3 is 2.64 bits per heavy atom. The maximum absolute atomic E-state index is 12.3. The SMILES string of the molecule is FC(F)(F)CN1CCCC12CCNC2. The molecule has 0 aliphatic carbocycles. The molecule has 2 aliphatic heterocycles. The summed E-state index contributed by atoms with van der Waals surface area (Å²) in [6, 6.07) is 0. The molecule has 2 rings (SSSR count). The number of hydrogen-bond acceptors (Lipinski definition) is 2. The molecule has 0 aromatic heterocycles. The molecule has 1 atom stereocenters. The zero-order chi connectivity index (χ0) is 10.2. The number of halogens is 3. The third kappa shape index (κ3) is 1.88. The van der Waals surface area contributed by atoms with Gasteiger partial charge in [0.25, 0.3) is 0 Å². The maximum Gasteiger partial charge on any atom is 0.401 e. The van der Waals surface area contributed by atoms with E-state index in [9.17, 15) is 13.2 Å². The van der Waals surface area contributed by atoms with Crippen molar-refractivity contribution in [3.8, 4) is 0 Å². The summed E-state index contributed by atoms with van der Waals surface area (Å²) >= 11 is 0. The first kappa shape index (κ1) is 10.2. The molecule has 5 heteroatoms. The van der Waals surface area contributed by atoms with E-state index >= 15 is 0 Å². The van der Waals surface area contributed by atoms with E-state index in [1.165, 1.54) is 0 Å². The van der Waals surface area contributed by atoms with Crippen LogP contribution in [-0.4, -0.2) is 42.8 Å². The largest absolute Gasteiger partial charge is 0.401 e. The molecule has 2 nitrogen and oxygen atoms in total. The van der Waals surface area contributed by atoms with Gasteiger partial charge in [-0.25, -0.2) is 0 Å². The Labute approximate surface area is 81.5 Å². The smallest absolute Gasteiger partial charge is 0.315 e. The average Bonchev–Trinajstić information content (AvgIpc) is 2.62. The zero-order valence-corrected chi connectivity index (χ0v) is 8.03. The number of rotatable bonds is 1. The fraction of sp³-hybridized carbons (Fsp3) is 1.00. The second kappa shape index (κ2) is 3.38. The van der Waals surface area contributed by atoms with Crippen LogP contribution in [0.15, 0.2) is 0 Å². The molecule has 0 saturated carbocycles. The fourth-order valence-corrected chi connectivity index (χ4v) is 2.67. The van der Waals surface area contributed by atoms with Crippen molar-refractivity contribution in [2.75, 3.05) is 26.2 Å².